The van der Waals surface area contributed by atoms with Gasteiger partial charge in [0.25, 0.3) is 0 Å². The van der Waals surface area contributed by atoms with Gasteiger partial charge in [0.2, 0.25) is 0 Å². The minimum Gasteiger partial charge on any atom is -0.374 e. The van der Waals surface area contributed by atoms with Gasteiger partial charge in [-0.05, 0) is 43.4 Å². The molecule has 0 aliphatic rings. The van der Waals surface area contributed by atoms with Crippen molar-refractivity contribution in [1.82, 2.24) is 5.32 Å². The Balaban J connectivity index is 1.71. The number of ether oxygens (including phenoxy) is 1. The number of benzene rings is 2. The first-order valence-electron chi connectivity index (χ1n) is 9.01. The molecule has 2 aromatic carbocycles. The molecule has 0 bridgehead atoms. The van der Waals surface area contributed by atoms with Crippen LogP contribution in [0, 0.1) is 6.92 Å². The summed E-state index contributed by atoms with van der Waals surface area (Å²) >= 11 is 0. The van der Waals surface area contributed by atoms with Crippen LogP contribution in [-0.2, 0) is 24.3 Å². The molecule has 2 heteroatoms. The maximum atomic E-state index is 5.97. The summed E-state index contributed by atoms with van der Waals surface area (Å²) < 4.78 is 5.97. The Morgan fingerprint density at radius 3 is 2.04 bits per heavy atom. The predicted molar refractivity (Wildman–Crippen MR) is 102 cm³/mol. The third-order valence-electron chi connectivity index (χ3n) is 4.23. The second kappa shape index (κ2) is 9.61. The van der Waals surface area contributed by atoms with Crippen molar-refractivity contribution in [2.75, 3.05) is 0 Å². The zero-order chi connectivity index (χ0) is 17.4. The average molecular weight is 325 g/mol. The third kappa shape index (κ3) is 6.86. The number of rotatable bonds is 9. The number of nitrogens with one attached hydrogen (secondary N) is 1. The van der Waals surface area contributed by atoms with E-state index >= 15 is 0 Å². The topological polar surface area (TPSA) is 21.3 Å². The molecule has 1 atom stereocenters. The summed E-state index contributed by atoms with van der Waals surface area (Å²) in [7, 11) is 0. The smallest absolute Gasteiger partial charge is 0.0720 e. The first-order valence-corrected chi connectivity index (χ1v) is 9.01. The zero-order valence-electron chi connectivity index (χ0n) is 15.5. The van der Waals surface area contributed by atoms with E-state index in [0.29, 0.717) is 12.6 Å². The van der Waals surface area contributed by atoms with Gasteiger partial charge < -0.3 is 10.1 Å². The Hall–Kier alpha value is -1.64. The van der Waals surface area contributed by atoms with Gasteiger partial charge in [-0.1, -0.05) is 67.9 Å². The van der Waals surface area contributed by atoms with Crippen molar-refractivity contribution in [3.05, 3.63) is 70.8 Å². The molecule has 2 rings (SSSR count). The molecule has 24 heavy (non-hydrogen) atoms. The third-order valence-corrected chi connectivity index (χ3v) is 4.23. The lowest BCUT2D eigenvalue weighted by Crippen LogP contribution is -2.21. The molecular weight excluding hydrogens is 294 g/mol. The van der Waals surface area contributed by atoms with Crippen molar-refractivity contribution in [2.45, 2.75) is 65.8 Å². The van der Waals surface area contributed by atoms with Crippen molar-refractivity contribution in [3.8, 4) is 0 Å². The Kier molecular flexibility index (Phi) is 7.48. The van der Waals surface area contributed by atoms with E-state index in [4.69, 9.17) is 4.74 Å². The van der Waals surface area contributed by atoms with Crippen LogP contribution < -0.4 is 5.32 Å². The highest BCUT2D eigenvalue weighted by Crippen LogP contribution is 2.12. The fourth-order valence-corrected chi connectivity index (χ4v) is 2.52. The summed E-state index contributed by atoms with van der Waals surface area (Å²) in [4.78, 5) is 0. The Morgan fingerprint density at radius 2 is 1.42 bits per heavy atom. The molecule has 0 fully saturated rings. The van der Waals surface area contributed by atoms with Crippen molar-refractivity contribution in [1.29, 1.82) is 0 Å². The molecule has 0 amide bonds. The van der Waals surface area contributed by atoms with Crippen LogP contribution in [0.2, 0.25) is 0 Å². The van der Waals surface area contributed by atoms with E-state index in [0.717, 1.165) is 19.4 Å². The molecular formula is C22H31NO. The molecule has 0 saturated heterocycles. The zero-order valence-corrected chi connectivity index (χ0v) is 15.5. The lowest BCUT2D eigenvalue weighted by Gasteiger charge is -2.14. The van der Waals surface area contributed by atoms with E-state index in [1.54, 1.807) is 0 Å². The summed E-state index contributed by atoms with van der Waals surface area (Å²) in [5, 5.41) is 3.45. The van der Waals surface area contributed by atoms with Crippen LogP contribution in [0.5, 0.6) is 0 Å². The highest BCUT2D eigenvalue weighted by Gasteiger charge is 2.04. The van der Waals surface area contributed by atoms with E-state index in [-0.39, 0.29) is 6.10 Å². The highest BCUT2D eigenvalue weighted by atomic mass is 16.5. The number of hydrogen-bond acceptors (Lipinski definition) is 2. The van der Waals surface area contributed by atoms with Crippen molar-refractivity contribution >= 4 is 0 Å². The molecule has 1 N–H and O–H groups in total. The first kappa shape index (κ1) is 18.7. The van der Waals surface area contributed by atoms with Gasteiger partial charge in [-0.2, -0.15) is 0 Å². The van der Waals surface area contributed by atoms with E-state index in [9.17, 15) is 0 Å². The van der Waals surface area contributed by atoms with Gasteiger partial charge >= 0.3 is 0 Å². The maximum Gasteiger partial charge on any atom is 0.0720 e. The summed E-state index contributed by atoms with van der Waals surface area (Å²) in [6.45, 7) is 10.3. The number of aryl methyl sites for hydroxylation is 2. The Morgan fingerprint density at radius 1 is 0.833 bits per heavy atom. The van der Waals surface area contributed by atoms with Crippen LogP contribution in [0.15, 0.2) is 48.5 Å². The predicted octanol–water partition coefficient (Wildman–Crippen LogP) is 5.03. The SMILES string of the molecule is Cc1ccc(COC(C)CCc2ccc(CNC(C)C)cc2)cc1. The summed E-state index contributed by atoms with van der Waals surface area (Å²) in [5.74, 6) is 0. The molecule has 0 heterocycles. The Labute approximate surface area is 147 Å². The molecule has 0 aromatic heterocycles. The monoisotopic (exact) mass is 325 g/mol. The standard InChI is InChI=1S/C22H31NO/c1-17(2)23-15-21-13-11-20(12-14-21)10-7-19(4)24-16-22-8-5-18(3)6-9-22/h5-6,8-9,11-14,17,19,23H,7,10,15-16H2,1-4H3. The first-order chi connectivity index (χ1) is 11.5. The van der Waals surface area contributed by atoms with E-state index in [1.807, 2.05) is 0 Å². The highest BCUT2D eigenvalue weighted by molar-refractivity contribution is 5.23. The van der Waals surface area contributed by atoms with Crippen LogP contribution >= 0.6 is 0 Å². The second-order valence-corrected chi connectivity index (χ2v) is 7.00. The van der Waals surface area contributed by atoms with E-state index in [1.165, 1.54) is 22.3 Å². The van der Waals surface area contributed by atoms with Gasteiger partial charge in [-0.25, -0.2) is 0 Å². The molecule has 0 aliphatic carbocycles. The lowest BCUT2D eigenvalue weighted by molar-refractivity contribution is 0.0478. The quantitative estimate of drug-likeness (QED) is 0.698. The summed E-state index contributed by atoms with van der Waals surface area (Å²) in [6.07, 6.45) is 2.39. The van der Waals surface area contributed by atoms with Gasteiger partial charge in [0, 0.05) is 12.6 Å². The van der Waals surface area contributed by atoms with Crippen molar-refractivity contribution < 1.29 is 4.74 Å². The van der Waals surface area contributed by atoms with Crippen LogP contribution in [0.1, 0.15) is 49.4 Å². The van der Waals surface area contributed by atoms with Crippen molar-refractivity contribution in [3.63, 3.8) is 0 Å². The number of hydrogen-bond donors (Lipinski definition) is 1. The van der Waals surface area contributed by atoms with E-state index in [2.05, 4.69) is 81.5 Å². The molecule has 130 valence electrons. The van der Waals surface area contributed by atoms with Crippen LogP contribution in [0.3, 0.4) is 0 Å². The van der Waals surface area contributed by atoms with Crippen LogP contribution in [0.4, 0.5) is 0 Å². The maximum absolute atomic E-state index is 5.97. The molecule has 2 aromatic rings. The fraction of sp³-hybridized carbons (Fsp3) is 0.455. The average Bonchev–Trinajstić information content (AvgIpc) is 2.58. The molecule has 0 radical (unpaired) electrons. The molecule has 0 spiro atoms. The van der Waals surface area contributed by atoms with E-state index < -0.39 is 0 Å². The van der Waals surface area contributed by atoms with Crippen molar-refractivity contribution in [2.24, 2.45) is 0 Å². The minimum atomic E-state index is 0.272. The Bertz CT molecular complexity index is 586. The van der Waals surface area contributed by atoms with Gasteiger partial charge in [0.05, 0.1) is 12.7 Å². The molecule has 0 aliphatic heterocycles. The van der Waals surface area contributed by atoms with Gasteiger partial charge in [0.1, 0.15) is 0 Å². The molecule has 1 unspecified atom stereocenters. The lowest BCUT2D eigenvalue weighted by atomic mass is 10.1. The minimum absolute atomic E-state index is 0.272. The molecule has 0 saturated carbocycles. The van der Waals surface area contributed by atoms with Crippen LogP contribution in [-0.4, -0.2) is 12.1 Å². The van der Waals surface area contributed by atoms with Gasteiger partial charge in [0.15, 0.2) is 0 Å². The normalized spacial score (nSPS) is 12.5. The second-order valence-electron chi connectivity index (χ2n) is 7.00. The van der Waals surface area contributed by atoms with Crippen LogP contribution in [0.25, 0.3) is 0 Å². The van der Waals surface area contributed by atoms with Gasteiger partial charge in [-0.3, -0.25) is 0 Å². The summed E-state index contributed by atoms with van der Waals surface area (Å²) in [6, 6.07) is 18.0. The van der Waals surface area contributed by atoms with Gasteiger partial charge in [-0.15, -0.1) is 0 Å². The molecule has 2 nitrogen and oxygen atoms in total. The largest absolute Gasteiger partial charge is 0.374 e. The summed E-state index contributed by atoms with van der Waals surface area (Å²) in [5.41, 5.74) is 5.26. The fourth-order valence-electron chi connectivity index (χ4n) is 2.52.